The molecule has 0 fully saturated rings. The molecule has 106 valence electrons. The second-order valence-electron chi connectivity index (χ2n) is 3.39. The number of ether oxygens (including phenoxy) is 1. The first-order valence-corrected chi connectivity index (χ1v) is 6.66. The average molecular weight is 295 g/mol. The van der Waals surface area contributed by atoms with Gasteiger partial charge >= 0.3 is 0 Å². The predicted molar refractivity (Wildman–Crippen MR) is 72.5 cm³/mol. The number of thiol groups is 1. The van der Waals surface area contributed by atoms with Crippen LogP contribution < -0.4 is 10.2 Å². The Balaban J connectivity index is 0.000000444. The summed E-state index contributed by atoms with van der Waals surface area (Å²) in [5, 5.41) is 7.26. The Hall–Kier alpha value is -2.38. The maximum absolute atomic E-state index is 11.0. The van der Waals surface area contributed by atoms with Crippen LogP contribution in [0.3, 0.4) is 0 Å². The molecule has 0 bridgehead atoms. The van der Waals surface area contributed by atoms with Gasteiger partial charge in [0.25, 0.3) is 0 Å². The Morgan fingerprint density at radius 1 is 1.00 bits per heavy atom. The largest absolute Gasteiger partial charge is 0.456 e. The quantitative estimate of drug-likeness (QED) is 0.344. The zero-order chi connectivity index (χ0) is 14.8. The first-order valence-electron chi connectivity index (χ1n) is 5.48. The van der Waals surface area contributed by atoms with Crippen molar-refractivity contribution in [2.24, 2.45) is 0 Å². The molecule has 20 heavy (non-hydrogen) atoms. The maximum Gasteiger partial charge on any atom is 0.230 e. The lowest BCUT2D eigenvalue weighted by atomic mass is 10.3. The Bertz CT molecular complexity index is 605. The number of carbonyl (C=O) groups is 1. The molecule has 2 aromatic rings. The van der Waals surface area contributed by atoms with Crippen LogP contribution in [0.5, 0.6) is 11.5 Å². The molecule has 0 radical (unpaired) electrons. The lowest BCUT2D eigenvalue weighted by Gasteiger charge is -2.06. The molecule has 0 aliphatic heterocycles. The van der Waals surface area contributed by atoms with Crippen molar-refractivity contribution in [2.45, 2.75) is 4.90 Å². The Kier molecular flexibility index (Phi) is 6.80. The lowest BCUT2D eigenvalue weighted by molar-refractivity contribution is -0.116. The highest BCUT2D eigenvalue weighted by molar-refractivity contribution is 7.72. The standard InChI is InChI=1S/C12H10O3S.CH3NO2/c13-16(14)12-9-5-4-8-11(12)15-10-6-2-1-3-7-10;3-1-2-4/h1-9,16H;1,4H,(H,2,3). The molecule has 0 saturated carbocycles. The summed E-state index contributed by atoms with van der Waals surface area (Å²) in [6.45, 7) is 0. The van der Waals surface area contributed by atoms with Gasteiger partial charge in [0.1, 0.15) is 16.4 Å². The number of amides is 1. The molecule has 0 aliphatic rings. The Labute approximate surface area is 117 Å². The number of nitrogens with one attached hydrogen (secondary N) is 1. The van der Waals surface area contributed by atoms with Gasteiger partial charge in [0.05, 0.1) is 0 Å². The van der Waals surface area contributed by atoms with Crippen LogP contribution >= 0.6 is 0 Å². The SMILES string of the molecule is O=CNO.O=[SH](=O)c1ccccc1Oc1ccccc1. The number of rotatable bonds is 4. The Morgan fingerprint density at radius 2 is 1.55 bits per heavy atom. The van der Waals surface area contributed by atoms with Crippen LogP contribution in [0, 0.1) is 0 Å². The van der Waals surface area contributed by atoms with E-state index < -0.39 is 10.7 Å². The summed E-state index contributed by atoms with van der Waals surface area (Å²) in [6, 6.07) is 15.6. The van der Waals surface area contributed by atoms with Gasteiger partial charge < -0.3 is 4.74 Å². The minimum atomic E-state index is -2.64. The van der Waals surface area contributed by atoms with Crippen molar-refractivity contribution in [3.8, 4) is 11.5 Å². The van der Waals surface area contributed by atoms with Crippen LogP contribution in [-0.2, 0) is 15.5 Å². The third-order valence-corrected chi connectivity index (χ3v) is 2.85. The van der Waals surface area contributed by atoms with Crippen LogP contribution in [0.4, 0.5) is 0 Å². The fraction of sp³-hybridized carbons (Fsp3) is 0. The highest BCUT2D eigenvalue weighted by atomic mass is 32.2. The van der Waals surface area contributed by atoms with E-state index in [4.69, 9.17) is 14.7 Å². The highest BCUT2D eigenvalue weighted by Gasteiger charge is 2.05. The van der Waals surface area contributed by atoms with E-state index >= 15 is 0 Å². The second-order valence-corrected chi connectivity index (χ2v) is 4.38. The molecule has 0 spiro atoms. The lowest BCUT2D eigenvalue weighted by Crippen LogP contribution is -1.99. The van der Waals surface area contributed by atoms with Crippen LogP contribution in [0.2, 0.25) is 0 Å². The van der Waals surface area contributed by atoms with Gasteiger partial charge in [-0.25, -0.2) is 13.9 Å². The molecule has 7 heteroatoms. The van der Waals surface area contributed by atoms with E-state index in [1.165, 1.54) is 11.5 Å². The third-order valence-electron chi connectivity index (χ3n) is 2.09. The Morgan fingerprint density at radius 3 is 2.10 bits per heavy atom. The summed E-state index contributed by atoms with van der Waals surface area (Å²) in [5.41, 5.74) is 1.25. The van der Waals surface area contributed by atoms with E-state index in [2.05, 4.69) is 0 Å². The first-order chi connectivity index (χ1) is 9.69. The summed E-state index contributed by atoms with van der Waals surface area (Å²) < 4.78 is 27.4. The van der Waals surface area contributed by atoms with Gasteiger partial charge in [0, 0.05) is 0 Å². The van der Waals surface area contributed by atoms with E-state index in [1.807, 2.05) is 18.2 Å². The topological polar surface area (TPSA) is 92.7 Å². The van der Waals surface area contributed by atoms with Crippen molar-refractivity contribution in [1.29, 1.82) is 0 Å². The zero-order valence-electron chi connectivity index (χ0n) is 10.3. The monoisotopic (exact) mass is 295 g/mol. The predicted octanol–water partition coefficient (Wildman–Crippen LogP) is 1.57. The van der Waals surface area contributed by atoms with Crippen LogP contribution in [0.15, 0.2) is 59.5 Å². The van der Waals surface area contributed by atoms with Gasteiger partial charge in [-0.15, -0.1) is 0 Å². The summed E-state index contributed by atoms with van der Waals surface area (Å²) in [4.78, 5) is 9.01. The van der Waals surface area contributed by atoms with E-state index in [-0.39, 0.29) is 11.3 Å². The number of carbonyl (C=O) groups excluding carboxylic acids is 1. The summed E-state index contributed by atoms with van der Waals surface area (Å²) in [5.74, 6) is 0.969. The molecule has 0 saturated heterocycles. The van der Waals surface area contributed by atoms with Gasteiger partial charge in [-0.2, -0.15) is 0 Å². The molecule has 2 aromatic carbocycles. The maximum atomic E-state index is 11.0. The minimum Gasteiger partial charge on any atom is -0.456 e. The second kappa shape index (κ2) is 8.68. The van der Waals surface area contributed by atoms with Crippen molar-refractivity contribution >= 4 is 17.1 Å². The van der Waals surface area contributed by atoms with Crippen molar-refractivity contribution in [3.63, 3.8) is 0 Å². The van der Waals surface area contributed by atoms with Gasteiger partial charge in [0.2, 0.25) is 6.41 Å². The fourth-order valence-corrected chi connectivity index (χ4v) is 1.82. The van der Waals surface area contributed by atoms with Crippen molar-refractivity contribution in [1.82, 2.24) is 5.48 Å². The van der Waals surface area contributed by atoms with Gasteiger partial charge in [0.15, 0.2) is 10.7 Å². The van der Waals surface area contributed by atoms with Gasteiger partial charge in [-0.1, -0.05) is 30.3 Å². The number of para-hydroxylation sites is 2. The molecular weight excluding hydrogens is 282 g/mol. The summed E-state index contributed by atoms with van der Waals surface area (Å²) in [7, 11) is -2.64. The van der Waals surface area contributed by atoms with Crippen LogP contribution in [-0.4, -0.2) is 20.0 Å². The molecule has 0 heterocycles. The molecular formula is C13H13NO5S. The molecule has 2 rings (SSSR count). The van der Waals surface area contributed by atoms with E-state index in [0.29, 0.717) is 11.5 Å². The van der Waals surface area contributed by atoms with E-state index in [0.717, 1.165) is 0 Å². The molecule has 0 aliphatic carbocycles. The van der Waals surface area contributed by atoms with Crippen molar-refractivity contribution < 1.29 is 23.2 Å². The fourth-order valence-electron chi connectivity index (χ4n) is 1.31. The number of hydrogen-bond donors (Lipinski definition) is 3. The molecule has 2 N–H and O–H groups in total. The van der Waals surface area contributed by atoms with Crippen LogP contribution in [0.1, 0.15) is 0 Å². The first kappa shape index (κ1) is 15.7. The molecule has 0 aromatic heterocycles. The van der Waals surface area contributed by atoms with E-state index in [9.17, 15) is 8.42 Å². The molecule has 6 nitrogen and oxygen atoms in total. The average Bonchev–Trinajstić information content (AvgIpc) is 2.49. The molecule has 0 atom stereocenters. The third kappa shape index (κ3) is 5.09. The smallest absolute Gasteiger partial charge is 0.230 e. The molecule has 1 amide bonds. The summed E-state index contributed by atoms with van der Waals surface area (Å²) >= 11 is 0. The van der Waals surface area contributed by atoms with Crippen molar-refractivity contribution in [3.05, 3.63) is 54.6 Å². The number of hydrogen-bond acceptors (Lipinski definition) is 5. The van der Waals surface area contributed by atoms with Gasteiger partial charge in [-0.3, -0.25) is 10.0 Å². The minimum absolute atomic E-state index is 0.181. The van der Waals surface area contributed by atoms with Crippen molar-refractivity contribution in [2.75, 3.05) is 0 Å². The summed E-state index contributed by atoms with van der Waals surface area (Å²) in [6.07, 6.45) is 0.181. The zero-order valence-corrected chi connectivity index (χ0v) is 11.2. The van der Waals surface area contributed by atoms with Gasteiger partial charge in [-0.05, 0) is 24.3 Å². The number of benzene rings is 2. The van der Waals surface area contributed by atoms with Crippen LogP contribution in [0.25, 0.3) is 0 Å². The van der Waals surface area contributed by atoms with E-state index in [1.54, 1.807) is 30.3 Å². The highest BCUT2D eigenvalue weighted by Crippen LogP contribution is 2.25. The normalized spacial score (nSPS) is 9.30. The number of hydroxylamine groups is 1. The molecule has 0 unspecified atom stereocenters.